The van der Waals surface area contributed by atoms with Crippen LogP contribution >= 0.6 is 0 Å². The highest BCUT2D eigenvalue weighted by atomic mass is 16.1. The van der Waals surface area contributed by atoms with E-state index >= 15 is 0 Å². The van der Waals surface area contributed by atoms with Crippen molar-refractivity contribution in [1.82, 2.24) is 9.78 Å². The summed E-state index contributed by atoms with van der Waals surface area (Å²) in [6.45, 7) is 18.8. The van der Waals surface area contributed by atoms with Crippen molar-refractivity contribution in [3.63, 3.8) is 0 Å². The van der Waals surface area contributed by atoms with Gasteiger partial charge in [0.25, 0.3) is 5.56 Å². The number of aromatic nitrogens is 2. The van der Waals surface area contributed by atoms with Gasteiger partial charge in [0.1, 0.15) is 0 Å². The molecule has 0 radical (unpaired) electrons. The standard InChI is InChI=1S/C15H28N2O/c1-13(2,3)10-11(14(4,5)6)16-17(12(10)18)15(7,8)9/h16H,1-9H3. The maximum Gasteiger partial charge on any atom is 0.270 e. The van der Waals surface area contributed by atoms with Crippen molar-refractivity contribution in [3.05, 3.63) is 21.6 Å². The third kappa shape index (κ3) is 2.70. The quantitative estimate of drug-likeness (QED) is 0.753. The van der Waals surface area contributed by atoms with Crippen LogP contribution in [0.3, 0.4) is 0 Å². The van der Waals surface area contributed by atoms with Crippen LogP contribution in [0.1, 0.15) is 73.6 Å². The fourth-order valence-corrected chi connectivity index (χ4v) is 2.15. The Labute approximate surface area is 111 Å². The number of rotatable bonds is 0. The van der Waals surface area contributed by atoms with E-state index in [1.807, 2.05) is 20.8 Å². The van der Waals surface area contributed by atoms with Gasteiger partial charge in [-0.2, -0.15) is 0 Å². The second kappa shape index (κ2) is 4.01. The zero-order valence-electron chi connectivity index (χ0n) is 13.4. The zero-order chi connectivity index (χ0) is 14.5. The molecule has 0 aliphatic rings. The van der Waals surface area contributed by atoms with Crippen LogP contribution in [0, 0.1) is 0 Å². The summed E-state index contributed by atoms with van der Waals surface area (Å²) >= 11 is 0. The summed E-state index contributed by atoms with van der Waals surface area (Å²) < 4.78 is 1.76. The number of nitrogens with one attached hydrogen (secondary N) is 1. The molecule has 1 aromatic heterocycles. The van der Waals surface area contributed by atoms with Crippen LogP contribution in [0.4, 0.5) is 0 Å². The van der Waals surface area contributed by atoms with Crippen molar-refractivity contribution >= 4 is 0 Å². The smallest absolute Gasteiger partial charge is 0.270 e. The summed E-state index contributed by atoms with van der Waals surface area (Å²) in [5.41, 5.74) is 1.64. The first-order chi connectivity index (χ1) is 7.76. The van der Waals surface area contributed by atoms with E-state index in [2.05, 4.69) is 46.6 Å². The lowest BCUT2D eigenvalue weighted by molar-refractivity contribution is 0.338. The summed E-state index contributed by atoms with van der Waals surface area (Å²) in [6, 6.07) is 0. The summed E-state index contributed by atoms with van der Waals surface area (Å²) in [5, 5.41) is 3.34. The fraction of sp³-hybridized carbons (Fsp3) is 0.800. The molecule has 0 amide bonds. The van der Waals surface area contributed by atoms with Crippen LogP contribution in [0.5, 0.6) is 0 Å². The van der Waals surface area contributed by atoms with Crippen molar-refractivity contribution in [2.75, 3.05) is 0 Å². The molecule has 1 rings (SSSR count). The molecule has 0 saturated heterocycles. The number of aromatic amines is 1. The highest BCUT2D eigenvalue weighted by Gasteiger charge is 2.33. The van der Waals surface area contributed by atoms with E-state index < -0.39 is 0 Å². The molecule has 0 aromatic carbocycles. The number of hydrogen-bond donors (Lipinski definition) is 1. The lowest BCUT2D eigenvalue weighted by atomic mass is 9.79. The number of nitrogens with zero attached hydrogens (tertiary/aromatic N) is 1. The molecule has 1 aromatic rings. The maximum atomic E-state index is 12.7. The van der Waals surface area contributed by atoms with Crippen molar-refractivity contribution in [2.24, 2.45) is 0 Å². The maximum absolute atomic E-state index is 12.7. The van der Waals surface area contributed by atoms with Crippen molar-refractivity contribution < 1.29 is 0 Å². The molecule has 18 heavy (non-hydrogen) atoms. The predicted molar refractivity (Wildman–Crippen MR) is 77.4 cm³/mol. The molecule has 0 atom stereocenters. The molecule has 0 fully saturated rings. The summed E-state index contributed by atoms with van der Waals surface area (Å²) in [6.07, 6.45) is 0. The molecule has 104 valence electrons. The van der Waals surface area contributed by atoms with Gasteiger partial charge in [-0.3, -0.25) is 9.89 Å². The minimum Gasteiger partial charge on any atom is -0.298 e. The Hall–Kier alpha value is -0.990. The lowest BCUT2D eigenvalue weighted by Crippen LogP contribution is -2.35. The first kappa shape index (κ1) is 15.1. The fourth-order valence-electron chi connectivity index (χ4n) is 2.15. The first-order valence-corrected chi connectivity index (χ1v) is 6.62. The van der Waals surface area contributed by atoms with Gasteiger partial charge in [-0.15, -0.1) is 0 Å². The molecule has 0 aliphatic heterocycles. The predicted octanol–water partition coefficient (Wildman–Crippen LogP) is 3.53. The van der Waals surface area contributed by atoms with Crippen LogP contribution in [0.15, 0.2) is 4.79 Å². The van der Waals surface area contributed by atoms with E-state index in [-0.39, 0.29) is 21.9 Å². The third-order valence-corrected chi connectivity index (χ3v) is 3.06. The van der Waals surface area contributed by atoms with E-state index in [1.54, 1.807) is 4.68 Å². The average molecular weight is 252 g/mol. The minimum atomic E-state index is -0.222. The van der Waals surface area contributed by atoms with Gasteiger partial charge in [-0.1, -0.05) is 41.5 Å². The molecular weight excluding hydrogens is 224 g/mol. The van der Waals surface area contributed by atoms with Gasteiger partial charge in [0, 0.05) is 16.7 Å². The Morgan fingerprint density at radius 3 is 1.50 bits per heavy atom. The second-order valence-corrected chi connectivity index (χ2v) is 8.17. The van der Waals surface area contributed by atoms with Gasteiger partial charge >= 0.3 is 0 Å². The molecule has 1 N–H and O–H groups in total. The minimum absolute atomic E-state index is 0.0573. The number of H-pyrrole nitrogens is 1. The van der Waals surface area contributed by atoms with Gasteiger partial charge in [0.05, 0.1) is 5.54 Å². The molecule has 0 aliphatic carbocycles. The SMILES string of the molecule is CC(C)(C)c1[nH]n(C(C)(C)C)c(=O)c1C(C)(C)C. The van der Waals surface area contributed by atoms with E-state index in [4.69, 9.17) is 0 Å². The molecule has 0 bridgehead atoms. The van der Waals surface area contributed by atoms with Crippen molar-refractivity contribution in [3.8, 4) is 0 Å². The van der Waals surface area contributed by atoms with Crippen molar-refractivity contribution in [1.29, 1.82) is 0 Å². The van der Waals surface area contributed by atoms with Gasteiger partial charge in [-0.25, -0.2) is 4.68 Å². The van der Waals surface area contributed by atoms with Crippen LogP contribution < -0.4 is 5.56 Å². The first-order valence-electron chi connectivity index (χ1n) is 6.62. The van der Waals surface area contributed by atoms with Gasteiger partial charge in [-0.05, 0) is 26.2 Å². The van der Waals surface area contributed by atoms with Crippen LogP contribution in [0.2, 0.25) is 0 Å². The summed E-state index contributed by atoms with van der Waals surface area (Å²) in [7, 11) is 0. The highest BCUT2D eigenvalue weighted by molar-refractivity contribution is 5.31. The third-order valence-electron chi connectivity index (χ3n) is 3.06. The topological polar surface area (TPSA) is 37.8 Å². The molecule has 3 heteroatoms. The van der Waals surface area contributed by atoms with Crippen LogP contribution in [0.25, 0.3) is 0 Å². The molecule has 0 unspecified atom stereocenters. The molecule has 0 saturated carbocycles. The van der Waals surface area contributed by atoms with E-state index in [1.165, 1.54) is 0 Å². The zero-order valence-corrected chi connectivity index (χ0v) is 13.4. The largest absolute Gasteiger partial charge is 0.298 e. The lowest BCUT2D eigenvalue weighted by Gasteiger charge is -2.24. The Morgan fingerprint density at radius 1 is 0.833 bits per heavy atom. The molecule has 3 nitrogen and oxygen atoms in total. The van der Waals surface area contributed by atoms with Gasteiger partial charge < -0.3 is 0 Å². The second-order valence-electron chi connectivity index (χ2n) is 8.17. The molecule has 1 heterocycles. The Bertz CT molecular complexity index is 485. The molecule has 0 spiro atoms. The Morgan fingerprint density at radius 2 is 1.28 bits per heavy atom. The molecular formula is C15H28N2O. The van der Waals surface area contributed by atoms with E-state index in [9.17, 15) is 4.79 Å². The Kier molecular flexibility index (Phi) is 3.35. The van der Waals surface area contributed by atoms with Gasteiger partial charge in [0.2, 0.25) is 0 Å². The normalized spacial score (nSPS) is 14.1. The van der Waals surface area contributed by atoms with E-state index in [0.717, 1.165) is 11.3 Å². The summed E-state index contributed by atoms with van der Waals surface area (Å²) in [5.74, 6) is 0. The van der Waals surface area contributed by atoms with Crippen LogP contribution in [-0.2, 0) is 16.4 Å². The monoisotopic (exact) mass is 252 g/mol. The highest BCUT2D eigenvalue weighted by Crippen LogP contribution is 2.31. The van der Waals surface area contributed by atoms with Crippen LogP contribution in [-0.4, -0.2) is 9.78 Å². The summed E-state index contributed by atoms with van der Waals surface area (Å²) in [4.78, 5) is 12.7. The average Bonchev–Trinajstić information content (AvgIpc) is 2.39. The van der Waals surface area contributed by atoms with E-state index in [0.29, 0.717) is 0 Å². The Balaban J connectivity index is 3.69. The van der Waals surface area contributed by atoms with Crippen molar-refractivity contribution in [2.45, 2.75) is 78.7 Å². The number of hydrogen-bond acceptors (Lipinski definition) is 1. The van der Waals surface area contributed by atoms with Gasteiger partial charge in [0.15, 0.2) is 0 Å².